The smallest absolute Gasteiger partial charge is 0.454 e. The molecule has 0 spiro atoms. The molecule has 1 heterocycles. The highest BCUT2D eigenvalue weighted by molar-refractivity contribution is 6.68. The van der Waals surface area contributed by atoms with Gasteiger partial charge in [-0.3, -0.25) is 14.4 Å². The first kappa shape index (κ1) is 16.6. The number of carbonyl (C=O) groups is 3. The van der Waals surface area contributed by atoms with Crippen LogP contribution in [0.5, 0.6) is 0 Å². The summed E-state index contributed by atoms with van der Waals surface area (Å²) in [5.41, 5.74) is 0. The first-order valence-corrected chi connectivity index (χ1v) is 8.16. The third-order valence-electron chi connectivity index (χ3n) is 2.95. The van der Waals surface area contributed by atoms with Crippen LogP contribution in [-0.2, 0) is 32.4 Å². The second-order valence-electron chi connectivity index (χ2n) is 4.87. The summed E-state index contributed by atoms with van der Waals surface area (Å²) >= 11 is 0. The Labute approximate surface area is 118 Å². The van der Waals surface area contributed by atoms with Crippen molar-refractivity contribution in [2.75, 3.05) is 6.61 Å². The molecule has 7 nitrogen and oxygen atoms in total. The van der Waals surface area contributed by atoms with Crippen LogP contribution in [0.4, 0.5) is 0 Å². The van der Waals surface area contributed by atoms with Gasteiger partial charge in [0.2, 0.25) is 0 Å². The van der Waals surface area contributed by atoms with E-state index in [4.69, 9.17) is 18.0 Å². The maximum Gasteiger partial charge on any atom is 0.738 e. The molecular weight excluding hydrogens is 284 g/mol. The van der Waals surface area contributed by atoms with Crippen LogP contribution >= 0.6 is 0 Å². The van der Waals surface area contributed by atoms with E-state index in [1.54, 1.807) is 6.92 Å². The molecule has 1 unspecified atom stereocenters. The van der Waals surface area contributed by atoms with Crippen LogP contribution in [0, 0.1) is 0 Å². The van der Waals surface area contributed by atoms with Crippen molar-refractivity contribution in [2.24, 2.45) is 0 Å². The molecule has 0 aromatic rings. The Balaban J connectivity index is 3.21. The summed E-state index contributed by atoms with van der Waals surface area (Å²) in [5, 5.41) is -1.10. The van der Waals surface area contributed by atoms with Gasteiger partial charge in [0.25, 0.3) is 17.9 Å². The Bertz CT molecular complexity index is 360. The van der Waals surface area contributed by atoms with Crippen LogP contribution < -0.4 is 0 Å². The number of hydrogen-bond donors (Lipinski definition) is 0. The topological polar surface area (TPSA) is 88.1 Å². The van der Waals surface area contributed by atoms with Gasteiger partial charge >= 0.3 is 8.80 Å². The zero-order valence-corrected chi connectivity index (χ0v) is 13.2. The van der Waals surface area contributed by atoms with Crippen molar-refractivity contribution in [3.05, 3.63) is 0 Å². The van der Waals surface area contributed by atoms with E-state index >= 15 is 0 Å². The van der Waals surface area contributed by atoms with Crippen molar-refractivity contribution in [2.45, 2.75) is 52.2 Å². The predicted octanol–water partition coefficient (Wildman–Crippen LogP) is 1.11. The second-order valence-corrected chi connectivity index (χ2v) is 7.66. The molecule has 1 atom stereocenters. The van der Waals surface area contributed by atoms with Crippen molar-refractivity contribution in [3.63, 3.8) is 0 Å². The first-order chi connectivity index (χ1) is 9.21. The van der Waals surface area contributed by atoms with Crippen LogP contribution in [0.2, 0.25) is 0 Å². The normalized spacial score (nSPS) is 22.8. The van der Waals surface area contributed by atoms with Gasteiger partial charge < -0.3 is 18.0 Å². The third-order valence-corrected chi connectivity index (χ3v) is 6.31. The van der Waals surface area contributed by atoms with Crippen LogP contribution in [0.15, 0.2) is 0 Å². The fourth-order valence-corrected chi connectivity index (χ4v) is 4.80. The van der Waals surface area contributed by atoms with E-state index in [-0.39, 0.29) is 0 Å². The quantitative estimate of drug-likeness (QED) is 0.719. The summed E-state index contributed by atoms with van der Waals surface area (Å²) < 4.78 is 21.2. The summed E-state index contributed by atoms with van der Waals surface area (Å²) in [4.78, 5) is 34.1. The lowest BCUT2D eigenvalue weighted by atomic mass is 10.1. The van der Waals surface area contributed by atoms with Gasteiger partial charge in [0.15, 0.2) is 5.22 Å². The van der Waals surface area contributed by atoms with Crippen LogP contribution in [0.1, 0.15) is 47.0 Å². The zero-order valence-electron chi connectivity index (χ0n) is 12.2. The fraction of sp³-hybridized carbons (Fsp3) is 0.750. The first-order valence-electron chi connectivity index (χ1n) is 6.43. The lowest BCUT2D eigenvalue weighted by Crippen LogP contribution is -2.67. The van der Waals surface area contributed by atoms with Gasteiger partial charge in [-0.2, -0.15) is 0 Å². The average molecular weight is 304 g/mol. The van der Waals surface area contributed by atoms with Gasteiger partial charge in [0, 0.05) is 27.4 Å². The van der Waals surface area contributed by atoms with Gasteiger partial charge in [-0.05, 0) is 26.2 Å². The van der Waals surface area contributed by atoms with Gasteiger partial charge in [-0.1, -0.05) is 0 Å². The fourth-order valence-electron chi connectivity index (χ4n) is 2.13. The molecule has 0 bridgehead atoms. The largest absolute Gasteiger partial charge is 0.738 e. The molecule has 0 radical (unpaired) electrons. The van der Waals surface area contributed by atoms with E-state index < -0.39 is 31.9 Å². The molecule has 8 heteroatoms. The molecule has 0 saturated carbocycles. The molecule has 0 aromatic carbocycles. The molecule has 0 N–H and O–H groups in total. The third kappa shape index (κ3) is 3.79. The molecule has 114 valence electrons. The molecule has 1 fully saturated rings. The van der Waals surface area contributed by atoms with E-state index in [9.17, 15) is 14.4 Å². The average Bonchev–Trinajstić information content (AvgIpc) is 2.26. The monoisotopic (exact) mass is 304 g/mol. The summed E-state index contributed by atoms with van der Waals surface area (Å²) in [6, 6.07) is 0. The highest BCUT2D eigenvalue weighted by Gasteiger charge is 2.69. The maximum atomic E-state index is 11.4. The lowest BCUT2D eigenvalue weighted by Gasteiger charge is -2.41. The molecule has 1 saturated heterocycles. The van der Waals surface area contributed by atoms with E-state index in [0.717, 1.165) is 12.8 Å². The highest BCUT2D eigenvalue weighted by atomic mass is 28.4. The summed E-state index contributed by atoms with van der Waals surface area (Å²) in [7, 11) is -3.98. The van der Waals surface area contributed by atoms with E-state index in [1.165, 1.54) is 20.8 Å². The molecule has 0 amide bonds. The molecule has 1 aliphatic heterocycles. The van der Waals surface area contributed by atoms with Gasteiger partial charge in [0.05, 0.1) is 0 Å². The van der Waals surface area contributed by atoms with Crippen LogP contribution in [0.3, 0.4) is 0 Å². The Hall–Kier alpha value is -1.41. The van der Waals surface area contributed by atoms with Crippen LogP contribution in [-0.4, -0.2) is 38.5 Å². The Kier molecular flexibility index (Phi) is 5.29. The van der Waals surface area contributed by atoms with E-state index in [0.29, 0.717) is 13.0 Å². The maximum absolute atomic E-state index is 11.4. The summed E-state index contributed by atoms with van der Waals surface area (Å²) in [6.07, 6.45) is 2.13. The summed E-state index contributed by atoms with van der Waals surface area (Å²) in [6.45, 7) is 5.57. The molecule has 20 heavy (non-hydrogen) atoms. The zero-order chi connectivity index (χ0) is 15.4. The number of carbonyl (C=O) groups excluding carboxylic acids is 3. The van der Waals surface area contributed by atoms with Gasteiger partial charge in [-0.15, -0.1) is 0 Å². The lowest BCUT2D eigenvalue weighted by molar-refractivity contribution is -0.157. The van der Waals surface area contributed by atoms with E-state index in [2.05, 4.69) is 0 Å². The van der Waals surface area contributed by atoms with Gasteiger partial charge in [-0.25, -0.2) is 0 Å². The SMILES string of the molecule is CC(=O)O[Si](OC(C)=O)(OC(C)=O)C1(C)CCCCO1. The summed E-state index contributed by atoms with van der Waals surface area (Å²) in [5.74, 6) is -2.06. The highest BCUT2D eigenvalue weighted by Crippen LogP contribution is 2.36. The second kappa shape index (κ2) is 6.36. The number of ether oxygens (including phenoxy) is 1. The van der Waals surface area contributed by atoms with Gasteiger partial charge in [0.1, 0.15) is 0 Å². The Morgan fingerprint density at radius 2 is 1.40 bits per heavy atom. The minimum atomic E-state index is -3.98. The van der Waals surface area contributed by atoms with Crippen molar-refractivity contribution >= 4 is 26.7 Å². The molecule has 1 aliphatic rings. The van der Waals surface area contributed by atoms with Crippen molar-refractivity contribution in [1.82, 2.24) is 0 Å². The Morgan fingerprint density at radius 1 is 0.950 bits per heavy atom. The molecule has 1 rings (SSSR count). The van der Waals surface area contributed by atoms with Crippen molar-refractivity contribution < 1.29 is 32.4 Å². The number of hydrogen-bond acceptors (Lipinski definition) is 7. The number of rotatable bonds is 4. The molecule has 0 aromatic heterocycles. The Morgan fingerprint density at radius 3 is 1.70 bits per heavy atom. The minimum Gasteiger partial charge on any atom is -0.454 e. The van der Waals surface area contributed by atoms with E-state index in [1.807, 2.05) is 0 Å². The standard InChI is InChI=1S/C12H20O7Si/c1-9(13)17-20(18-10(2)14,19-11(3)15)12(4)7-5-6-8-16-12/h5-8H2,1-4H3. The molecular formula is C12H20O7Si. The predicted molar refractivity (Wildman–Crippen MR) is 69.3 cm³/mol. The minimum absolute atomic E-state index is 0.426. The van der Waals surface area contributed by atoms with Crippen LogP contribution in [0.25, 0.3) is 0 Å². The van der Waals surface area contributed by atoms with Crippen molar-refractivity contribution in [1.29, 1.82) is 0 Å². The molecule has 0 aliphatic carbocycles. The van der Waals surface area contributed by atoms with Crippen molar-refractivity contribution in [3.8, 4) is 0 Å².